The molecule has 1 fully saturated rings. The standard InChI is InChI=1S/C16H19ClN2O4/c1-10-12(17)5-3-6-13(10)18-16(22)11(2)23-15(21)9-19-8-4-7-14(19)20/h3,5-6,11H,4,7-9H2,1-2H3,(H,18,22)/t11-/m1/s1. The number of carbonyl (C=O) groups excluding carboxylic acids is 3. The zero-order valence-corrected chi connectivity index (χ0v) is 13.9. The summed E-state index contributed by atoms with van der Waals surface area (Å²) in [5.74, 6) is -1.10. The smallest absolute Gasteiger partial charge is 0.326 e. The number of likely N-dealkylation sites (tertiary alicyclic amines) is 1. The van der Waals surface area contributed by atoms with Crippen LogP contribution in [0.15, 0.2) is 18.2 Å². The van der Waals surface area contributed by atoms with E-state index in [2.05, 4.69) is 5.32 Å². The Kier molecular flexibility index (Phi) is 5.60. The molecule has 7 heteroatoms. The molecule has 6 nitrogen and oxygen atoms in total. The molecule has 2 amide bonds. The number of halogens is 1. The molecule has 23 heavy (non-hydrogen) atoms. The van der Waals surface area contributed by atoms with E-state index in [1.165, 1.54) is 11.8 Å². The van der Waals surface area contributed by atoms with Crippen LogP contribution in [-0.2, 0) is 19.1 Å². The third-order valence-corrected chi connectivity index (χ3v) is 4.10. The molecular weight excluding hydrogens is 320 g/mol. The first-order chi connectivity index (χ1) is 10.9. The van der Waals surface area contributed by atoms with Crippen LogP contribution in [0.1, 0.15) is 25.3 Å². The predicted molar refractivity (Wildman–Crippen MR) is 86.2 cm³/mol. The minimum atomic E-state index is -0.960. The van der Waals surface area contributed by atoms with Gasteiger partial charge in [-0.2, -0.15) is 0 Å². The van der Waals surface area contributed by atoms with Gasteiger partial charge < -0.3 is 15.0 Å². The van der Waals surface area contributed by atoms with Gasteiger partial charge >= 0.3 is 5.97 Å². The second kappa shape index (κ2) is 7.46. The summed E-state index contributed by atoms with van der Waals surface area (Å²) in [6.45, 7) is 3.70. The van der Waals surface area contributed by atoms with Gasteiger partial charge in [-0.3, -0.25) is 14.4 Å². The second-order valence-corrected chi connectivity index (χ2v) is 5.86. The summed E-state index contributed by atoms with van der Waals surface area (Å²) >= 11 is 6.00. The molecule has 0 aliphatic carbocycles. The number of rotatable bonds is 5. The van der Waals surface area contributed by atoms with E-state index in [1.807, 2.05) is 0 Å². The lowest BCUT2D eigenvalue weighted by Gasteiger charge is -2.18. The highest BCUT2D eigenvalue weighted by molar-refractivity contribution is 6.31. The Labute approximate surface area is 139 Å². The number of nitrogens with one attached hydrogen (secondary N) is 1. The molecule has 1 heterocycles. The Hall–Kier alpha value is -2.08. The van der Waals surface area contributed by atoms with Crippen LogP contribution in [0.5, 0.6) is 0 Å². The van der Waals surface area contributed by atoms with Gasteiger partial charge in [0.25, 0.3) is 5.91 Å². The van der Waals surface area contributed by atoms with E-state index in [0.717, 1.165) is 12.0 Å². The maximum atomic E-state index is 12.1. The second-order valence-electron chi connectivity index (χ2n) is 5.45. The first-order valence-corrected chi connectivity index (χ1v) is 7.79. The molecule has 1 aliphatic heterocycles. The maximum Gasteiger partial charge on any atom is 0.326 e. The van der Waals surface area contributed by atoms with Gasteiger partial charge in [0.2, 0.25) is 5.91 Å². The Morgan fingerprint density at radius 2 is 2.17 bits per heavy atom. The van der Waals surface area contributed by atoms with Crippen LogP contribution in [0.25, 0.3) is 0 Å². The molecule has 1 N–H and O–H groups in total. The molecule has 1 saturated heterocycles. The maximum absolute atomic E-state index is 12.1. The monoisotopic (exact) mass is 338 g/mol. The third-order valence-electron chi connectivity index (χ3n) is 3.69. The van der Waals surface area contributed by atoms with Crippen molar-refractivity contribution in [2.45, 2.75) is 32.8 Å². The van der Waals surface area contributed by atoms with Gasteiger partial charge in [0.1, 0.15) is 6.54 Å². The lowest BCUT2D eigenvalue weighted by molar-refractivity contribution is -0.155. The quantitative estimate of drug-likeness (QED) is 0.835. The van der Waals surface area contributed by atoms with Gasteiger partial charge in [-0.15, -0.1) is 0 Å². The van der Waals surface area contributed by atoms with Crippen molar-refractivity contribution in [3.8, 4) is 0 Å². The first kappa shape index (κ1) is 17.3. The minimum Gasteiger partial charge on any atom is -0.451 e. The Balaban J connectivity index is 1.88. The van der Waals surface area contributed by atoms with Crippen LogP contribution in [0.2, 0.25) is 5.02 Å². The van der Waals surface area contributed by atoms with E-state index in [-0.39, 0.29) is 12.5 Å². The predicted octanol–water partition coefficient (Wildman–Crippen LogP) is 2.14. The summed E-state index contributed by atoms with van der Waals surface area (Å²) in [4.78, 5) is 36.8. The molecule has 0 unspecified atom stereocenters. The van der Waals surface area contributed by atoms with Crippen molar-refractivity contribution in [3.63, 3.8) is 0 Å². The molecule has 0 saturated carbocycles. The molecule has 0 bridgehead atoms. The fourth-order valence-electron chi connectivity index (χ4n) is 2.29. The average Bonchev–Trinajstić information content (AvgIpc) is 2.89. The SMILES string of the molecule is Cc1c(Cl)cccc1NC(=O)[C@@H](C)OC(=O)CN1CCCC1=O. The highest BCUT2D eigenvalue weighted by Gasteiger charge is 2.25. The largest absolute Gasteiger partial charge is 0.451 e. The van der Waals surface area contributed by atoms with E-state index in [4.69, 9.17) is 16.3 Å². The minimum absolute atomic E-state index is 0.0615. The number of ether oxygens (including phenoxy) is 1. The van der Waals surface area contributed by atoms with Crippen LogP contribution in [0, 0.1) is 6.92 Å². The van der Waals surface area contributed by atoms with Crippen molar-refractivity contribution < 1.29 is 19.1 Å². The molecule has 2 rings (SSSR count). The fraction of sp³-hybridized carbons (Fsp3) is 0.438. The zero-order chi connectivity index (χ0) is 17.0. The van der Waals surface area contributed by atoms with Crippen molar-refractivity contribution in [2.75, 3.05) is 18.4 Å². The summed E-state index contributed by atoms with van der Waals surface area (Å²) in [5, 5.41) is 3.22. The highest BCUT2D eigenvalue weighted by atomic mass is 35.5. The number of hydrogen-bond donors (Lipinski definition) is 1. The van der Waals surface area contributed by atoms with Gasteiger partial charge in [-0.1, -0.05) is 17.7 Å². The Morgan fingerprint density at radius 3 is 2.83 bits per heavy atom. The lowest BCUT2D eigenvalue weighted by atomic mass is 10.2. The summed E-state index contributed by atoms with van der Waals surface area (Å²) < 4.78 is 5.09. The number of esters is 1. The van der Waals surface area contributed by atoms with E-state index >= 15 is 0 Å². The summed E-state index contributed by atoms with van der Waals surface area (Å²) in [6, 6.07) is 5.17. The van der Waals surface area contributed by atoms with Crippen molar-refractivity contribution >= 4 is 35.1 Å². The third kappa shape index (κ3) is 4.45. The van der Waals surface area contributed by atoms with Gasteiger partial charge in [-0.05, 0) is 38.0 Å². The number of anilines is 1. The fourth-order valence-corrected chi connectivity index (χ4v) is 2.47. The number of benzene rings is 1. The van der Waals surface area contributed by atoms with Gasteiger partial charge in [-0.25, -0.2) is 0 Å². The molecule has 1 aromatic rings. The van der Waals surface area contributed by atoms with Crippen molar-refractivity contribution in [3.05, 3.63) is 28.8 Å². The van der Waals surface area contributed by atoms with Crippen LogP contribution in [-0.4, -0.2) is 41.9 Å². The van der Waals surface area contributed by atoms with Crippen LogP contribution in [0.3, 0.4) is 0 Å². The zero-order valence-electron chi connectivity index (χ0n) is 13.1. The number of carbonyl (C=O) groups is 3. The summed E-state index contributed by atoms with van der Waals surface area (Å²) in [7, 11) is 0. The van der Waals surface area contributed by atoms with Crippen LogP contribution >= 0.6 is 11.6 Å². The molecular formula is C16H19ClN2O4. The highest BCUT2D eigenvalue weighted by Crippen LogP contribution is 2.23. The molecule has 1 atom stereocenters. The van der Waals surface area contributed by atoms with Gasteiger partial charge in [0.15, 0.2) is 6.10 Å². The summed E-state index contributed by atoms with van der Waals surface area (Å²) in [6.07, 6.45) is 0.242. The van der Waals surface area contributed by atoms with Crippen molar-refractivity contribution in [2.24, 2.45) is 0 Å². The Bertz CT molecular complexity index is 633. The van der Waals surface area contributed by atoms with Gasteiger partial charge in [0.05, 0.1) is 0 Å². The first-order valence-electron chi connectivity index (χ1n) is 7.41. The molecule has 0 spiro atoms. The number of nitrogens with zero attached hydrogens (tertiary/aromatic N) is 1. The summed E-state index contributed by atoms with van der Waals surface area (Å²) in [5.41, 5.74) is 1.31. The van der Waals surface area contributed by atoms with E-state index in [0.29, 0.717) is 23.7 Å². The van der Waals surface area contributed by atoms with Crippen LogP contribution < -0.4 is 5.32 Å². The average molecular weight is 339 g/mol. The van der Waals surface area contributed by atoms with E-state index < -0.39 is 18.0 Å². The van der Waals surface area contributed by atoms with E-state index in [1.54, 1.807) is 25.1 Å². The molecule has 0 aromatic heterocycles. The van der Waals surface area contributed by atoms with E-state index in [9.17, 15) is 14.4 Å². The van der Waals surface area contributed by atoms with Crippen molar-refractivity contribution in [1.29, 1.82) is 0 Å². The topological polar surface area (TPSA) is 75.7 Å². The van der Waals surface area contributed by atoms with Crippen LogP contribution in [0.4, 0.5) is 5.69 Å². The Morgan fingerprint density at radius 1 is 1.43 bits per heavy atom. The molecule has 1 aromatic carbocycles. The van der Waals surface area contributed by atoms with Crippen molar-refractivity contribution in [1.82, 2.24) is 4.90 Å². The number of amides is 2. The lowest BCUT2D eigenvalue weighted by Crippen LogP contribution is -2.36. The molecule has 124 valence electrons. The normalized spacial score (nSPS) is 15.4. The van der Waals surface area contributed by atoms with Gasteiger partial charge in [0, 0.05) is 23.7 Å². The molecule has 0 radical (unpaired) electrons. The number of hydrogen-bond acceptors (Lipinski definition) is 4. The molecule has 1 aliphatic rings.